The zero-order valence-electron chi connectivity index (χ0n) is 31.1. The number of carbonyl (C=O) groups excluding carboxylic acids is 4. The van der Waals surface area contributed by atoms with Gasteiger partial charge in [-0.3, -0.25) is 19.2 Å². The predicted molar refractivity (Wildman–Crippen MR) is 191 cm³/mol. The van der Waals surface area contributed by atoms with Crippen molar-refractivity contribution in [1.82, 2.24) is 9.80 Å². The summed E-state index contributed by atoms with van der Waals surface area (Å²) >= 11 is 0. The lowest BCUT2D eigenvalue weighted by Crippen LogP contribution is -2.47. The number of likely N-dealkylation sites (tertiary alicyclic amines) is 2. The summed E-state index contributed by atoms with van der Waals surface area (Å²) in [6.07, 6.45) is -19.7. The summed E-state index contributed by atoms with van der Waals surface area (Å²) in [6.45, 7) is -0.125. The van der Waals surface area contributed by atoms with Crippen molar-refractivity contribution in [2.24, 2.45) is 0 Å². The quantitative estimate of drug-likeness (QED) is 0.181. The third-order valence-electron chi connectivity index (χ3n) is 9.89. The molecule has 0 bridgehead atoms. The topological polar surface area (TPSA) is 74.8 Å². The molecule has 0 spiro atoms. The van der Waals surface area contributed by atoms with Crippen molar-refractivity contribution in [1.29, 1.82) is 0 Å². The highest BCUT2D eigenvalue weighted by atomic mass is 19.4. The Morgan fingerprint density at radius 2 is 0.750 bits per heavy atom. The van der Waals surface area contributed by atoms with Gasteiger partial charge in [0.2, 0.25) is 0 Å². The Morgan fingerprint density at radius 3 is 1.02 bits per heavy atom. The van der Waals surface area contributed by atoms with Gasteiger partial charge in [0.15, 0.2) is 0 Å². The van der Waals surface area contributed by atoms with E-state index in [4.69, 9.17) is 0 Å². The summed E-state index contributed by atoms with van der Waals surface area (Å²) in [4.78, 5) is 52.1. The lowest BCUT2D eigenvalue weighted by atomic mass is 9.93. The summed E-state index contributed by atoms with van der Waals surface area (Å²) in [5, 5.41) is 0. The van der Waals surface area contributed by atoms with Gasteiger partial charge < -0.3 is 9.80 Å². The predicted octanol–water partition coefficient (Wildman–Crippen LogP) is 10.3. The van der Waals surface area contributed by atoms with Gasteiger partial charge in [0.1, 0.15) is 11.6 Å². The van der Waals surface area contributed by atoms with E-state index in [9.17, 15) is 71.9 Å². The number of alkyl halides is 12. The fourth-order valence-corrected chi connectivity index (χ4v) is 6.97. The molecule has 2 saturated heterocycles. The zero-order valence-corrected chi connectivity index (χ0v) is 31.1. The normalized spacial score (nSPS) is 17.9. The van der Waals surface area contributed by atoms with Crippen LogP contribution in [-0.2, 0) is 47.1 Å². The molecule has 320 valence electrons. The van der Waals surface area contributed by atoms with Crippen LogP contribution >= 0.6 is 0 Å². The molecule has 0 aromatic heterocycles. The fraction of sp³-hybridized carbons (Fsp3) is 0.333. The molecule has 2 amide bonds. The van der Waals surface area contributed by atoms with Crippen LogP contribution in [-0.4, -0.2) is 58.4 Å². The number of hydrogen-bond donors (Lipinski definition) is 0. The number of rotatable bonds is 6. The van der Waals surface area contributed by atoms with Crippen LogP contribution in [0.25, 0.3) is 0 Å². The van der Waals surface area contributed by atoms with Crippen LogP contribution in [0.1, 0.15) is 79.8 Å². The van der Waals surface area contributed by atoms with E-state index in [1.54, 1.807) is 60.7 Å². The fourth-order valence-electron chi connectivity index (χ4n) is 6.97. The average Bonchev–Trinajstić information content (AvgIpc) is 3.17. The van der Waals surface area contributed by atoms with Crippen LogP contribution in [0.5, 0.6) is 0 Å². The van der Waals surface area contributed by atoms with Gasteiger partial charge in [-0.15, -0.1) is 0 Å². The van der Waals surface area contributed by atoms with Crippen molar-refractivity contribution < 1.29 is 71.9 Å². The van der Waals surface area contributed by atoms with Crippen LogP contribution < -0.4 is 0 Å². The van der Waals surface area contributed by atoms with Gasteiger partial charge in [-0.2, -0.15) is 52.7 Å². The van der Waals surface area contributed by atoms with Gasteiger partial charge in [0, 0.05) is 62.0 Å². The first kappa shape index (κ1) is 45.4. The second-order valence-corrected chi connectivity index (χ2v) is 14.3. The van der Waals surface area contributed by atoms with Gasteiger partial charge in [-0.05, 0) is 60.4 Å². The highest BCUT2D eigenvalue weighted by molar-refractivity contribution is 5.97. The van der Waals surface area contributed by atoms with Crippen LogP contribution in [0.2, 0.25) is 0 Å². The number of amides is 2. The number of halogens is 12. The van der Waals surface area contributed by atoms with Crippen molar-refractivity contribution in [3.63, 3.8) is 0 Å². The Balaban J connectivity index is 0.000000228. The number of hydrogen-bond acceptors (Lipinski definition) is 4. The van der Waals surface area contributed by atoms with E-state index in [1.807, 2.05) is 0 Å². The van der Waals surface area contributed by atoms with Gasteiger partial charge in [-0.1, -0.05) is 60.7 Å². The second kappa shape index (κ2) is 17.9. The minimum absolute atomic E-state index is 0.00210. The summed E-state index contributed by atoms with van der Waals surface area (Å²) in [5.41, 5.74) is -6.00. The van der Waals surface area contributed by atoms with E-state index in [0.717, 1.165) is 11.1 Å². The Morgan fingerprint density at radius 1 is 0.467 bits per heavy atom. The molecule has 2 atom stereocenters. The highest BCUT2D eigenvalue weighted by Crippen LogP contribution is 2.39. The Bertz CT molecular complexity index is 1960. The molecule has 2 heterocycles. The first-order chi connectivity index (χ1) is 27.9. The first-order valence-corrected chi connectivity index (χ1v) is 18.2. The van der Waals surface area contributed by atoms with E-state index in [0.29, 0.717) is 24.3 Å². The monoisotopic (exact) mass is 858 g/mol. The molecule has 2 aliphatic rings. The maximum atomic E-state index is 13.1. The van der Waals surface area contributed by atoms with Crippen molar-refractivity contribution in [3.8, 4) is 0 Å². The lowest BCUT2D eigenvalue weighted by Gasteiger charge is -2.35. The lowest BCUT2D eigenvalue weighted by molar-refractivity contribution is -0.144. The Labute approximate surface area is 334 Å². The molecule has 2 unspecified atom stereocenters. The number of nitrogens with zero attached hydrogens (tertiary/aromatic N) is 2. The number of ketones is 2. The van der Waals surface area contributed by atoms with Crippen LogP contribution in [0.4, 0.5) is 52.7 Å². The summed E-state index contributed by atoms with van der Waals surface area (Å²) in [6, 6.07) is 18.0. The van der Waals surface area contributed by atoms with E-state index >= 15 is 0 Å². The van der Waals surface area contributed by atoms with Crippen molar-refractivity contribution in [2.45, 2.75) is 75.3 Å². The molecule has 4 aromatic carbocycles. The molecule has 18 heteroatoms. The van der Waals surface area contributed by atoms with Gasteiger partial charge in [0.05, 0.1) is 22.3 Å². The molecule has 6 rings (SSSR count). The largest absolute Gasteiger partial charge is 0.416 e. The van der Waals surface area contributed by atoms with Crippen LogP contribution in [0.3, 0.4) is 0 Å². The Hall–Kier alpha value is -5.68. The number of benzene rings is 4. The first-order valence-electron chi connectivity index (χ1n) is 18.2. The van der Waals surface area contributed by atoms with E-state index in [-0.39, 0.29) is 75.3 Å². The molecule has 0 aliphatic carbocycles. The molecule has 0 radical (unpaired) electrons. The van der Waals surface area contributed by atoms with Crippen LogP contribution in [0.15, 0.2) is 97.1 Å². The average molecular weight is 859 g/mol. The summed E-state index contributed by atoms with van der Waals surface area (Å²) in [7, 11) is 0. The third-order valence-corrected chi connectivity index (χ3v) is 9.89. The number of Topliss-reactive ketones (excluding diaryl/α,β-unsaturated/α-hetero) is 2. The molecular formula is C42H34F12N2O4. The van der Waals surface area contributed by atoms with E-state index in [2.05, 4.69) is 0 Å². The summed E-state index contributed by atoms with van der Waals surface area (Å²) < 4.78 is 157. The van der Waals surface area contributed by atoms with Crippen molar-refractivity contribution in [3.05, 3.63) is 142 Å². The molecule has 60 heavy (non-hydrogen) atoms. The van der Waals surface area contributed by atoms with Gasteiger partial charge >= 0.3 is 24.7 Å². The van der Waals surface area contributed by atoms with Gasteiger partial charge in [0.25, 0.3) is 11.8 Å². The van der Waals surface area contributed by atoms with E-state index in [1.165, 1.54) is 9.80 Å². The Kier molecular flexibility index (Phi) is 13.5. The molecule has 4 aromatic rings. The smallest absolute Gasteiger partial charge is 0.334 e. The number of piperidine rings is 2. The minimum Gasteiger partial charge on any atom is -0.334 e. The molecule has 0 N–H and O–H groups in total. The highest BCUT2D eigenvalue weighted by Gasteiger charge is 2.41. The molecule has 2 aliphatic heterocycles. The summed E-state index contributed by atoms with van der Waals surface area (Å²) in [5.74, 6) is -2.14. The minimum atomic E-state index is -5.04. The maximum Gasteiger partial charge on any atom is 0.416 e. The molecule has 6 nitrogen and oxygen atoms in total. The molecular weight excluding hydrogens is 824 g/mol. The van der Waals surface area contributed by atoms with Crippen molar-refractivity contribution >= 4 is 23.4 Å². The third kappa shape index (κ3) is 11.7. The van der Waals surface area contributed by atoms with Gasteiger partial charge in [-0.25, -0.2) is 0 Å². The second-order valence-electron chi connectivity index (χ2n) is 14.3. The van der Waals surface area contributed by atoms with Crippen LogP contribution in [0, 0.1) is 0 Å². The molecule has 0 saturated carbocycles. The molecule has 2 fully saturated rings. The maximum absolute atomic E-state index is 13.1. The van der Waals surface area contributed by atoms with Crippen molar-refractivity contribution in [2.75, 3.05) is 13.1 Å². The standard InChI is InChI=1S/2C21H17F6NO2/c2*22-20(23,24)15-9-14(10-16(11-15)21(25,26)27)19(30)28-7-6-18(29)12-17(28)8-13-4-2-1-3-5-13/h2*1-5,9-11,17H,6-8,12H2. The van der Waals surface area contributed by atoms with E-state index < -0.39 is 82.0 Å². The SMILES string of the molecule is O=C1CCN(C(=O)c2cc(C(F)(F)F)cc(C(F)(F)F)c2)C(Cc2ccccc2)C1.O=C1CCN(C(=O)c2cc(C(F)(F)F)cc(C(F)(F)F)c2)C(Cc2ccccc2)C1. The zero-order chi connectivity index (χ0) is 44.2. The number of carbonyl (C=O) groups is 4.